The number of halogens is 4. The van der Waals surface area contributed by atoms with Crippen LogP contribution < -0.4 is 0 Å². The molecule has 0 atom stereocenters. The highest BCUT2D eigenvalue weighted by molar-refractivity contribution is 6.37. The molecule has 2 aromatic carbocycles. The van der Waals surface area contributed by atoms with E-state index in [2.05, 4.69) is 4.98 Å². The second-order valence-electron chi connectivity index (χ2n) is 4.66. The SMILES string of the molecule is O=C(O)c1cc(C(F)(F)F)nc2c1cc(Cl)c1ccccc12. The van der Waals surface area contributed by atoms with E-state index in [-0.39, 0.29) is 15.9 Å². The Kier molecular flexibility index (Phi) is 3.21. The molecule has 0 amide bonds. The largest absolute Gasteiger partial charge is 0.478 e. The summed E-state index contributed by atoms with van der Waals surface area (Å²) in [6.45, 7) is 0. The fraction of sp³-hybridized carbons (Fsp3) is 0.0667. The summed E-state index contributed by atoms with van der Waals surface area (Å²) in [5.74, 6) is -1.47. The number of aromatic nitrogens is 1. The second-order valence-corrected chi connectivity index (χ2v) is 5.07. The van der Waals surface area contributed by atoms with E-state index >= 15 is 0 Å². The normalized spacial score (nSPS) is 12.0. The average molecular weight is 326 g/mol. The highest BCUT2D eigenvalue weighted by atomic mass is 35.5. The molecular weight excluding hydrogens is 319 g/mol. The number of nitrogens with zero attached hydrogens (tertiary/aromatic N) is 1. The number of carbonyl (C=O) groups is 1. The summed E-state index contributed by atoms with van der Waals surface area (Å²) < 4.78 is 38.9. The smallest absolute Gasteiger partial charge is 0.433 e. The van der Waals surface area contributed by atoms with Gasteiger partial charge in [-0.25, -0.2) is 9.78 Å². The van der Waals surface area contributed by atoms with Crippen molar-refractivity contribution in [1.29, 1.82) is 0 Å². The Morgan fingerprint density at radius 1 is 1.09 bits per heavy atom. The van der Waals surface area contributed by atoms with Crippen LogP contribution in [-0.4, -0.2) is 16.1 Å². The molecule has 0 radical (unpaired) electrons. The Morgan fingerprint density at radius 3 is 2.32 bits per heavy atom. The molecule has 0 aliphatic rings. The summed E-state index contributed by atoms with van der Waals surface area (Å²) in [5, 5.41) is 10.4. The molecule has 3 aromatic rings. The number of aromatic carboxylic acids is 1. The number of hydrogen-bond donors (Lipinski definition) is 1. The lowest BCUT2D eigenvalue weighted by Gasteiger charge is -2.12. The number of carboxylic acid groups (broad SMARTS) is 1. The summed E-state index contributed by atoms with van der Waals surface area (Å²) in [4.78, 5) is 14.9. The first-order chi connectivity index (χ1) is 10.3. The van der Waals surface area contributed by atoms with E-state index in [4.69, 9.17) is 11.6 Å². The Morgan fingerprint density at radius 2 is 1.73 bits per heavy atom. The van der Waals surface area contributed by atoms with Crippen molar-refractivity contribution in [2.45, 2.75) is 6.18 Å². The minimum Gasteiger partial charge on any atom is -0.478 e. The molecule has 1 heterocycles. The quantitative estimate of drug-likeness (QED) is 0.656. The van der Waals surface area contributed by atoms with Crippen LogP contribution in [0, 0.1) is 0 Å². The fourth-order valence-corrected chi connectivity index (χ4v) is 2.60. The number of alkyl halides is 3. The Balaban J connectivity index is 2.55. The number of fused-ring (bicyclic) bond motifs is 3. The van der Waals surface area contributed by atoms with Crippen molar-refractivity contribution in [3.8, 4) is 0 Å². The summed E-state index contributed by atoms with van der Waals surface area (Å²) in [6.07, 6.45) is -4.74. The number of rotatable bonds is 1. The minimum atomic E-state index is -4.74. The molecule has 0 spiro atoms. The van der Waals surface area contributed by atoms with Gasteiger partial charge in [0.05, 0.1) is 11.1 Å². The average Bonchev–Trinajstić information content (AvgIpc) is 2.45. The second kappa shape index (κ2) is 4.84. The third-order valence-electron chi connectivity index (χ3n) is 3.29. The van der Waals surface area contributed by atoms with Gasteiger partial charge in [-0.3, -0.25) is 0 Å². The lowest BCUT2D eigenvalue weighted by atomic mass is 10.0. The van der Waals surface area contributed by atoms with Crippen LogP contribution in [0.5, 0.6) is 0 Å². The van der Waals surface area contributed by atoms with E-state index in [1.807, 2.05) is 0 Å². The first kappa shape index (κ1) is 14.6. The van der Waals surface area contributed by atoms with Gasteiger partial charge in [-0.1, -0.05) is 35.9 Å². The lowest BCUT2D eigenvalue weighted by Crippen LogP contribution is -2.11. The van der Waals surface area contributed by atoms with Crippen molar-refractivity contribution in [1.82, 2.24) is 4.98 Å². The van der Waals surface area contributed by atoms with Crippen molar-refractivity contribution in [3.63, 3.8) is 0 Å². The molecule has 0 bridgehead atoms. The van der Waals surface area contributed by atoms with Gasteiger partial charge in [0.1, 0.15) is 5.69 Å². The molecule has 0 unspecified atom stereocenters. The summed E-state index contributed by atoms with van der Waals surface area (Å²) in [5.41, 5.74) is -1.76. The van der Waals surface area contributed by atoms with E-state index in [9.17, 15) is 23.1 Å². The van der Waals surface area contributed by atoms with Crippen molar-refractivity contribution in [2.75, 3.05) is 0 Å². The molecule has 22 heavy (non-hydrogen) atoms. The maximum atomic E-state index is 13.0. The molecule has 0 fully saturated rings. The van der Waals surface area contributed by atoms with Gasteiger partial charge >= 0.3 is 12.1 Å². The third-order valence-corrected chi connectivity index (χ3v) is 3.60. The molecule has 1 aromatic heterocycles. The Labute approximate surface area is 126 Å². The molecule has 112 valence electrons. The van der Waals surface area contributed by atoms with Crippen LogP contribution in [0.2, 0.25) is 5.02 Å². The standard InChI is InChI=1S/C15H7ClF3NO2/c16-11-5-9-10(14(21)22)6-12(15(17,18)19)20-13(9)8-4-2-1-3-7(8)11/h1-6H,(H,21,22). The van der Waals surface area contributed by atoms with Crippen molar-refractivity contribution in [2.24, 2.45) is 0 Å². The van der Waals surface area contributed by atoms with Crippen molar-refractivity contribution < 1.29 is 23.1 Å². The lowest BCUT2D eigenvalue weighted by molar-refractivity contribution is -0.140. The molecule has 3 nitrogen and oxygen atoms in total. The Bertz CT molecular complexity index is 922. The first-order valence-corrected chi connectivity index (χ1v) is 6.49. The molecule has 3 rings (SSSR count). The molecule has 0 saturated heterocycles. The molecule has 0 aliphatic heterocycles. The Hall–Kier alpha value is -2.34. The van der Waals surface area contributed by atoms with E-state index in [1.165, 1.54) is 6.07 Å². The van der Waals surface area contributed by atoms with Crippen LogP contribution in [0.1, 0.15) is 16.1 Å². The number of benzene rings is 2. The van der Waals surface area contributed by atoms with Crippen LogP contribution in [0.3, 0.4) is 0 Å². The fourth-order valence-electron chi connectivity index (χ4n) is 2.33. The van der Waals surface area contributed by atoms with Crippen molar-refractivity contribution >= 4 is 39.2 Å². The van der Waals surface area contributed by atoms with Gasteiger partial charge in [0.2, 0.25) is 0 Å². The molecular formula is C15H7ClF3NO2. The predicted octanol–water partition coefficient (Wildman–Crippen LogP) is 4.76. The molecule has 1 N–H and O–H groups in total. The molecule has 0 saturated carbocycles. The minimum absolute atomic E-state index is 0.0350. The van der Waals surface area contributed by atoms with E-state index in [0.717, 1.165) is 0 Å². The predicted molar refractivity (Wildman–Crippen MR) is 76.2 cm³/mol. The van der Waals surface area contributed by atoms with Crippen LogP contribution in [0.4, 0.5) is 13.2 Å². The zero-order chi connectivity index (χ0) is 16.1. The van der Waals surface area contributed by atoms with Gasteiger partial charge in [-0.15, -0.1) is 0 Å². The number of pyridine rings is 1. The number of hydrogen-bond acceptors (Lipinski definition) is 2. The summed E-state index contributed by atoms with van der Waals surface area (Å²) >= 11 is 6.10. The van der Waals surface area contributed by atoms with E-state index < -0.39 is 23.4 Å². The van der Waals surface area contributed by atoms with E-state index in [0.29, 0.717) is 16.8 Å². The van der Waals surface area contributed by atoms with Crippen LogP contribution in [0.15, 0.2) is 36.4 Å². The summed E-state index contributed by atoms with van der Waals surface area (Å²) in [6, 6.07) is 8.36. The van der Waals surface area contributed by atoms with Gasteiger partial charge in [-0.2, -0.15) is 13.2 Å². The van der Waals surface area contributed by atoms with Gasteiger partial charge in [0.15, 0.2) is 0 Å². The molecule has 0 aliphatic carbocycles. The van der Waals surface area contributed by atoms with Gasteiger partial charge in [-0.05, 0) is 12.1 Å². The maximum Gasteiger partial charge on any atom is 0.433 e. The monoisotopic (exact) mass is 325 g/mol. The van der Waals surface area contributed by atoms with Gasteiger partial charge in [0, 0.05) is 21.2 Å². The molecule has 7 heteroatoms. The first-order valence-electron chi connectivity index (χ1n) is 6.11. The van der Waals surface area contributed by atoms with Crippen molar-refractivity contribution in [3.05, 3.63) is 52.7 Å². The topological polar surface area (TPSA) is 50.2 Å². The van der Waals surface area contributed by atoms with Crippen LogP contribution >= 0.6 is 11.6 Å². The maximum absolute atomic E-state index is 13.0. The summed E-state index contributed by atoms with van der Waals surface area (Å²) in [7, 11) is 0. The van der Waals surface area contributed by atoms with E-state index in [1.54, 1.807) is 24.3 Å². The third kappa shape index (κ3) is 2.25. The highest BCUT2D eigenvalue weighted by Gasteiger charge is 2.34. The zero-order valence-corrected chi connectivity index (χ0v) is 11.5. The van der Waals surface area contributed by atoms with Gasteiger partial charge < -0.3 is 5.11 Å². The number of carboxylic acids is 1. The van der Waals surface area contributed by atoms with Crippen LogP contribution in [0.25, 0.3) is 21.7 Å². The highest BCUT2D eigenvalue weighted by Crippen LogP contribution is 2.36. The zero-order valence-electron chi connectivity index (χ0n) is 10.8. The van der Waals surface area contributed by atoms with Crippen LogP contribution in [-0.2, 0) is 6.18 Å². The van der Waals surface area contributed by atoms with Gasteiger partial charge in [0.25, 0.3) is 0 Å².